The number of nitrogens with one attached hydrogen (secondary N) is 2. The van der Waals surface area contributed by atoms with E-state index < -0.39 is 41.4 Å². The summed E-state index contributed by atoms with van der Waals surface area (Å²) in [6, 6.07) is 12.6. The van der Waals surface area contributed by atoms with Crippen LogP contribution in [0.2, 0.25) is 0 Å². The number of halogens is 4. The molecule has 0 bridgehead atoms. The van der Waals surface area contributed by atoms with Crippen LogP contribution in [0.5, 0.6) is 0 Å². The number of aliphatic hydroxyl groups is 1. The van der Waals surface area contributed by atoms with Crippen molar-refractivity contribution in [3.05, 3.63) is 94.4 Å². The van der Waals surface area contributed by atoms with Crippen molar-refractivity contribution in [3.8, 4) is 0 Å². The molecule has 7 nitrogen and oxygen atoms in total. The molecule has 5 N–H and O–H groups in total. The summed E-state index contributed by atoms with van der Waals surface area (Å²) in [4.78, 5) is 29.7. The highest BCUT2D eigenvalue weighted by atomic mass is 19.4. The Morgan fingerprint density at radius 2 is 1.62 bits per heavy atom. The largest absolute Gasteiger partial charge is 0.416 e. The predicted octanol–water partition coefficient (Wildman–Crippen LogP) is 3.25. The highest BCUT2D eigenvalue weighted by molar-refractivity contribution is 5.86. The number of nitrogens with zero attached hydrogens (tertiary/aromatic N) is 1. The second-order valence-corrected chi connectivity index (χ2v) is 8.46. The van der Waals surface area contributed by atoms with Crippen molar-refractivity contribution in [3.63, 3.8) is 0 Å². The number of carbonyl (C=O) groups excluding carboxylic acids is 2. The zero-order chi connectivity index (χ0) is 27.2. The van der Waals surface area contributed by atoms with Crippen LogP contribution in [0.1, 0.15) is 33.9 Å². The lowest BCUT2D eigenvalue weighted by Crippen LogP contribution is -2.41. The summed E-state index contributed by atoms with van der Waals surface area (Å²) in [6.07, 6.45) is -6.12. The summed E-state index contributed by atoms with van der Waals surface area (Å²) in [5, 5.41) is 15.4. The lowest BCUT2D eigenvalue weighted by Gasteiger charge is -2.20. The van der Waals surface area contributed by atoms with Crippen LogP contribution < -0.4 is 16.4 Å². The minimum Gasteiger partial charge on any atom is -0.384 e. The number of pyridine rings is 1. The molecule has 0 aliphatic heterocycles. The number of nitrogen functional groups attached to an aromatic ring is 1. The molecular weight excluding hydrogens is 492 g/mol. The molecule has 0 spiro atoms. The number of rotatable bonds is 9. The average molecular weight is 519 g/mol. The van der Waals surface area contributed by atoms with E-state index in [1.165, 1.54) is 36.4 Å². The smallest absolute Gasteiger partial charge is 0.384 e. The molecule has 0 saturated carbocycles. The maximum atomic E-state index is 13.1. The van der Waals surface area contributed by atoms with Crippen LogP contribution in [-0.2, 0) is 28.7 Å². The summed E-state index contributed by atoms with van der Waals surface area (Å²) in [7, 11) is 0. The predicted molar refractivity (Wildman–Crippen MR) is 129 cm³/mol. The molecule has 0 unspecified atom stereocenters. The zero-order valence-corrected chi connectivity index (χ0v) is 19.8. The monoisotopic (exact) mass is 518 g/mol. The Morgan fingerprint density at radius 1 is 0.973 bits per heavy atom. The van der Waals surface area contributed by atoms with Crippen molar-refractivity contribution < 1.29 is 32.3 Å². The number of benzene rings is 2. The Labute approximate surface area is 210 Å². The van der Waals surface area contributed by atoms with E-state index in [4.69, 9.17) is 5.73 Å². The number of hydrogen-bond acceptors (Lipinski definition) is 5. The number of alkyl halides is 3. The fraction of sp³-hybridized carbons (Fsp3) is 0.269. The molecule has 1 aromatic heterocycles. The molecule has 0 saturated heterocycles. The second-order valence-electron chi connectivity index (χ2n) is 8.46. The Bertz CT molecular complexity index is 1230. The minimum atomic E-state index is -4.55. The van der Waals surface area contributed by atoms with Gasteiger partial charge in [0.15, 0.2) is 0 Å². The lowest BCUT2D eigenvalue weighted by molar-refractivity contribution is -0.137. The number of anilines is 1. The summed E-state index contributed by atoms with van der Waals surface area (Å²) in [6.45, 7) is 1.51. The highest BCUT2D eigenvalue weighted by Gasteiger charge is 2.31. The minimum absolute atomic E-state index is 0.0796. The first-order chi connectivity index (χ1) is 17.4. The molecule has 2 aromatic carbocycles. The number of amides is 2. The van der Waals surface area contributed by atoms with E-state index >= 15 is 0 Å². The van der Waals surface area contributed by atoms with Gasteiger partial charge in [0.05, 0.1) is 11.5 Å². The SMILES string of the molecule is Cc1nc(N)ccc1CNC(=O)[C@@H](CNC(=O)[C@H](O)Cc1ccc(F)cc1)c1ccc(C(F)(F)F)cc1. The van der Waals surface area contributed by atoms with Crippen LogP contribution in [0, 0.1) is 12.7 Å². The molecular formula is C26H26F4N4O3. The van der Waals surface area contributed by atoms with E-state index in [1.54, 1.807) is 19.1 Å². The first kappa shape index (κ1) is 27.6. The molecule has 37 heavy (non-hydrogen) atoms. The molecule has 2 amide bonds. The molecule has 0 aliphatic carbocycles. The van der Waals surface area contributed by atoms with Gasteiger partial charge < -0.3 is 21.5 Å². The summed E-state index contributed by atoms with van der Waals surface area (Å²) in [5.74, 6) is -2.53. The molecule has 3 rings (SSSR count). The fourth-order valence-corrected chi connectivity index (χ4v) is 3.62. The molecule has 0 fully saturated rings. The molecule has 0 radical (unpaired) electrons. The number of aromatic nitrogens is 1. The van der Waals surface area contributed by atoms with Gasteiger partial charge in [0.2, 0.25) is 11.8 Å². The van der Waals surface area contributed by atoms with Crippen molar-refractivity contribution in [2.45, 2.75) is 38.1 Å². The van der Waals surface area contributed by atoms with E-state index in [0.29, 0.717) is 22.6 Å². The van der Waals surface area contributed by atoms with Crippen molar-refractivity contribution in [2.75, 3.05) is 12.3 Å². The van der Waals surface area contributed by atoms with E-state index in [1.807, 2.05) is 0 Å². The number of nitrogens with two attached hydrogens (primary N) is 1. The van der Waals surface area contributed by atoms with Gasteiger partial charge in [-0.1, -0.05) is 30.3 Å². The number of aryl methyl sites for hydroxylation is 1. The van der Waals surface area contributed by atoms with Crippen LogP contribution in [0.3, 0.4) is 0 Å². The third-order valence-corrected chi connectivity index (χ3v) is 5.75. The Kier molecular flexibility index (Phi) is 8.82. The second kappa shape index (κ2) is 11.8. The standard InChI is InChI=1S/C26H26F4N4O3/c1-15-18(6-11-23(31)34-15)13-32-24(36)21(17-4-7-19(8-5-17)26(28,29)30)14-33-25(37)22(35)12-16-2-9-20(27)10-3-16/h2-11,21-22,35H,12-14H2,1H3,(H2,31,34)(H,32,36)(H,33,37)/t21-,22+/m0/s1. The van der Waals surface area contributed by atoms with Crippen molar-refractivity contribution in [1.82, 2.24) is 15.6 Å². The zero-order valence-electron chi connectivity index (χ0n) is 19.8. The normalized spacial score (nSPS) is 13.0. The fourth-order valence-electron chi connectivity index (χ4n) is 3.62. The van der Waals surface area contributed by atoms with Crippen molar-refractivity contribution in [2.24, 2.45) is 0 Å². The molecule has 196 valence electrons. The summed E-state index contributed by atoms with van der Waals surface area (Å²) in [5.41, 5.74) is 6.82. The number of aliphatic hydroxyl groups excluding tert-OH is 1. The molecule has 0 aliphatic rings. The van der Waals surface area contributed by atoms with Gasteiger partial charge in [-0.05, 0) is 53.9 Å². The summed E-state index contributed by atoms with van der Waals surface area (Å²) >= 11 is 0. The van der Waals surface area contributed by atoms with E-state index in [9.17, 15) is 32.3 Å². The molecule has 11 heteroatoms. The number of carbonyl (C=O) groups is 2. The third kappa shape index (κ3) is 7.74. The third-order valence-electron chi connectivity index (χ3n) is 5.75. The maximum absolute atomic E-state index is 13.1. The van der Waals surface area contributed by atoms with Gasteiger partial charge in [0.1, 0.15) is 17.7 Å². The van der Waals surface area contributed by atoms with Gasteiger partial charge in [-0.2, -0.15) is 13.2 Å². The van der Waals surface area contributed by atoms with Crippen LogP contribution >= 0.6 is 0 Å². The quantitative estimate of drug-likeness (QED) is 0.325. The molecule has 2 atom stereocenters. The molecule has 3 aromatic rings. The van der Waals surface area contributed by atoms with E-state index in [2.05, 4.69) is 15.6 Å². The Hall–Kier alpha value is -3.99. The van der Waals surface area contributed by atoms with E-state index in [0.717, 1.165) is 12.1 Å². The van der Waals surface area contributed by atoms with Crippen LogP contribution in [0.15, 0.2) is 60.7 Å². The van der Waals surface area contributed by atoms with Gasteiger partial charge in [-0.3, -0.25) is 9.59 Å². The van der Waals surface area contributed by atoms with Crippen molar-refractivity contribution in [1.29, 1.82) is 0 Å². The van der Waals surface area contributed by atoms with E-state index in [-0.39, 0.29) is 25.1 Å². The summed E-state index contributed by atoms with van der Waals surface area (Å²) < 4.78 is 52.1. The number of hydrogen-bond donors (Lipinski definition) is 4. The van der Waals surface area contributed by atoms with Crippen LogP contribution in [0.25, 0.3) is 0 Å². The Morgan fingerprint density at radius 3 is 2.22 bits per heavy atom. The van der Waals surface area contributed by atoms with Crippen LogP contribution in [0.4, 0.5) is 23.4 Å². The lowest BCUT2D eigenvalue weighted by atomic mass is 9.96. The average Bonchev–Trinajstić information content (AvgIpc) is 2.84. The van der Waals surface area contributed by atoms with Crippen LogP contribution in [-0.4, -0.2) is 34.6 Å². The topological polar surface area (TPSA) is 117 Å². The van der Waals surface area contributed by atoms with Crippen molar-refractivity contribution >= 4 is 17.6 Å². The van der Waals surface area contributed by atoms with Gasteiger partial charge in [0.25, 0.3) is 0 Å². The van der Waals surface area contributed by atoms with Gasteiger partial charge in [0, 0.05) is 25.2 Å². The Balaban J connectivity index is 1.72. The van der Waals surface area contributed by atoms with Gasteiger partial charge in [-0.25, -0.2) is 9.37 Å². The van der Waals surface area contributed by atoms with Gasteiger partial charge in [-0.15, -0.1) is 0 Å². The highest BCUT2D eigenvalue weighted by Crippen LogP contribution is 2.30. The maximum Gasteiger partial charge on any atom is 0.416 e. The molecule has 1 heterocycles. The van der Waals surface area contributed by atoms with Gasteiger partial charge >= 0.3 is 6.18 Å². The first-order valence-electron chi connectivity index (χ1n) is 11.3. The first-order valence-corrected chi connectivity index (χ1v) is 11.3.